The number of rotatable bonds is 6. The van der Waals surface area contributed by atoms with Crippen molar-refractivity contribution in [1.29, 1.82) is 0 Å². The number of carbonyl (C=O) groups excluding carboxylic acids is 1. The summed E-state index contributed by atoms with van der Waals surface area (Å²) in [4.78, 5) is 18.8. The van der Waals surface area contributed by atoms with Crippen LogP contribution < -0.4 is 10.6 Å². The first kappa shape index (κ1) is 17.6. The van der Waals surface area contributed by atoms with Gasteiger partial charge in [-0.15, -0.1) is 0 Å². The lowest BCUT2D eigenvalue weighted by Gasteiger charge is -2.33. The van der Waals surface area contributed by atoms with E-state index < -0.39 is 0 Å². The van der Waals surface area contributed by atoms with Gasteiger partial charge in [0.15, 0.2) is 11.6 Å². The van der Waals surface area contributed by atoms with Crippen LogP contribution in [0.15, 0.2) is 15.1 Å². The number of hydrogen-bond acceptors (Lipinski definition) is 8. The van der Waals surface area contributed by atoms with E-state index in [2.05, 4.69) is 30.8 Å². The van der Waals surface area contributed by atoms with Gasteiger partial charge in [0.25, 0.3) is 0 Å². The van der Waals surface area contributed by atoms with Gasteiger partial charge in [0.05, 0.1) is 12.6 Å². The summed E-state index contributed by atoms with van der Waals surface area (Å²) < 4.78 is 9.97. The maximum Gasteiger partial charge on any atom is 0.242 e. The third kappa shape index (κ3) is 4.86. The third-order valence-corrected chi connectivity index (χ3v) is 4.20. The molecule has 3 heterocycles. The van der Waals surface area contributed by atoms with E-state index in [1.165, 1.54) is 0 Å². The summed E-state index contributed by atoms with van der Waals surface area (Å²) >= 11 is 0. The number of carbonyl (C=O) groups is 1. The molecule has 1 aliphatic heterocycles. The highest BCUT2D eigenvalue weighted by molar-refractivity contribution is 5.93. The second-order valence-corrected chi connectivity index (χ2v) is 6.50. The number of piperidine rings is 1. The van der Waals surface area contributed by atoms with Crippen molar-refractivity contribution < 1.29 is 13.8 Å². The molecule has 0 radical (unpaired) electrons. The number of aryl methyl sites for hydroxylation is 2. The van der Waals surface area contributed by atoms with Gasteiger partial charge in [-0.1, -0.05) is 10.3 Å². The summed E-state index contributed by atoms with van der Waals surface area (Å²) in [5.74, 6) is 2.25. The number of amides is 1. The second kappa shape index (κ2) is 7.75. The predicted molar refractivity (Wildman–Crippen MR) is 89.8 cm³/mol. The maximum absolute atomic E-state index is 12.3. The fourth-order valence-electron chi connectivity index (χ4n) is 3.03. The molecule has 25 heavy (non-hydrogen) atoms. The van der Waals surface area contributed by atoms with Crippen molar-refractivity contribution in [2.45, 2.75) is 52.2 Å². The fraction of sp³-hybridized carbons (Fsp3) is 0.625. The Kier molecular flexibility index (Phi) is 5.44. The SMILES string of the molecule is Cc1cc(NC(=O)[C@H](C)N[C@H]2CCCN(Cc3noc(C)n3)C2)no1. The smallest absolute Gasteiger partial charge is 0.242 e. The van der Waals surface area contributed by atoms with Crippen LogP contribution in [-0.4, -0.2) is 51.3 Å². The second-order valence-electron chi connectivity index (χ2n) is 6.50. The van der Waals surface area contributed by atoms with Gasteiger partial charge in [-0.3, -0.25) is 9.69 Å². The molecule has 1 saturated heterocycles. The zero-order chi connectivity index (χ0) is 17.8. The number of nitrogens with one attached hydrogen (secondary N) is 2. The van der Waals surface area contributed by atoms with Crippen molar-refractivity contribution in [3.05, 3.63) is 23.5 Å². The summed E-state index contributed by atoms with van der Waals surface area (Å²) in [5, 5.41) is 13.9. The van der Waals surface area contributed by atoms with Crippen LogP contribution in [-0.2, 0) is 11.3 Å². The maximum atomic E-state index is 12.3. The summed E-state index contributed by atoms with van der Waals surface area (Å²) in [7, 11) is 0. The first-order chi connectivity index (χ1) is 12.0. The molecule has 0 unspecified atom stereocenters. The quantitative estimate of drug-likeness (QED) is 0.803. The lowest BCUT2D eigenvalue weighted by Crippen LogP contribution is -2.51. The van der Waals surface area contributed by atoms with E-state index in [-0.39, 0.29) is 18.0 Å². The van der Waals surface area contributed by atoms with E-state index in [4.69, 9.17) is 9.05 Å². The molecule has 3 rings (SSSR count). The average molecular weight is 348 g/mol. The highest BCUT2D eigenvalue weighted by Gasteiger charge is 2.24. The topological polar surface area (TPSA) is 109 Å². The van der Waals surface area contributed by atoms with E-state index >= 15 is 0 Å². The van der Waals surface area contributed by atoms with Crippen LogP contribution in [0.2, 0.25) is 0 Å². The van der Waals surface area contributed by atoms with Gasteiger partial charge in [-0.2, -0.15) is 4.98 Å². The van der Waals surface area contributed by atoms with Crippen molar-refractivity contribution >= 4 is 11.7 Å². The molecule has 2 aromatic rings. The van der Waals surface area contributed by atoms with E-state index in [9.17, 15) is 4.79 Å². The van der Waals surface area contributed by atoms with Gasteiger partial charge >= 0.3 is 0 Å². The molecule has 2 N–H and O–H groups in total. The Bertz CT molecular complexity index is 712. The zero-order valence-corrected chi connectivity index (χ0v) is 14.8. The van der Waals surface area contributed by atoms with Gasteiger partial charge in [0.1, 0.15) is 5.76 Å². The number of likely N-dealkylation sites (tertiary alicyclic amines) is 1. The monoisotopic (exact) mass is 348 g/mol. The van der Waals surface area contributed by atoms with Crippen LogP contribution in [0.3, 0.4) is 0 Å². The molecule has 1 aliphatic rings. The lowest BCUT2D eigenvalue weighted by atomic mass is 10.0. The van der Waals surface area contributed by atoms with Crippen LogP contribution >= 0.6 is 0 Å². The molecular formula is C16H24N6O3. The van der Waals surface area contributed by atoms with E-state index in [1.54, 1.807) is 19.9 Å². The molecule has 0 aromatic carbocycles. The first-order valence-electron chi connectivity index (χ1n) is 8.51. The normalized spacial score (nSPS) is 19.7. The summed E-state index contributed by atoms with van der Waals surface area (Å²) in [6.07, 6.45) is 2.09. The Balaban J connectivity index is 1.48. The number of anilines is 1. The van der Waals surface area contributed by atoms with Crippen molar-refractivity contribution in [3.63, 3.8) is 0 Å². The van der Waals surface area contributed by atoms with Crippen LogP contribution in [0.25, 0.3) is 0 Å². The molecule has 1 fully saturated rings. The van der Waals surface area contributed by atoms with Gasteiger partial charge < -0.3 is 19.7 Å². The average Bonchev–Trinajstić information content (AvgIpc) is 3.16. The molecular weight excluding hydrogens is 324 g/mol. The molecule has 0 spiro atoms. The Hall–Kier alpha value is -2.26. The highest BCUT2D eigenvalue weighted by atomic mass is 16.5. The zero-order valence-electron chi connectivity index (χ0n) is 14.8. The van der Waals surface area contributed by atoms with E-state index in [0.29, 0.717) is 29.8 Å². The third-order valence-electron chi connectivity index (χ3n) is 4.20. The Morgan fingerprint density at radius 1 is 1.40 bits per heavy atom. The van der Waals surface area contributed by atoms with Crippen molar-refractivity contribution in [3.8, 4) is 0 Å². The predicted octanol–water partition coefficient (Wildman–Crippen LogP) is 1.26. The van der Waals surface area contributed by atoms with Gasteiger partial charge in [-0.05, 0) is 33.2 Å². The van der Waals surface area contributed by atoms with Crippen LogP contribution in [0.5, 0.6) is 0 Å². The largest absolute Gasteiger partial charge is 0.360 e. The van der Waals surface area contributed by atoms with Gasteiger partial charge in [-0.25, -0.2) is 0 Å². The van der Waals surface area contributed by atoms with Gasteiger partial charge in [0.2, 0.25) is 11.8 Å². The molecule has 0 saturated carbocycles. The number of hydrogen-bond donors (Lipinski definition) is 2. The molecule has 9 nitrogen and oxygen atoms in total. The minimum Gasteiger partial charge on any atom is -0.360 e. The highest BCUT2D eigenvalue weighted by Crippen LogP contribution is 2.14. The summed E-state index contributed by atoms with van der Waals surface area (Å²) in [6.45, 7) is 7.91. The van der Waals surface area contributed by atoms with Gasteiger partial charge in [0, 0.05) is 25.6 Å². The molecule has 2 aromatic heterocycles. The van der Waals surface area contributed by atoms with Crippen molar-refractivity contribution in [1.82, 2.24) is 25.5 Å². The fourth-order valence-corrected chi connectivity index (χ4v) is 3.03. The Morgan fingerprint density at radius 2 is 2.24 bits per heavy atom. The lowest BCUT2D eigenvalue weighted by molar-refractivity contribution is -0.118. The minimum absolute atomic E-state index is 0.126. The Morgan fingerprint density at radius 3 is 2.92 bits per heavy atom. The van der Waals surface area contributed by atoms with Crippen molar-refractivity contribution in [2.24, 2.45) is 0 Å². The summed E-state index contributed by atoms with van der Waals surface area (Å²) in [5.41, 5.74) is 0. The van der Waals surface area contributed by atoms with Crippen LogP contribution in [0.4, 0.5) is 5.82 Å². The molecule has 1 amide bonds. The van der Waals surface area contributed by atoms with E-state index in [0.717, 1.165) is 25.9 Å². The minimum atomic E-state index is -0.325. The molecule has 0 bridgehead atoms. The molecule has 9 heteroatoms. The molecule has 136 valence electrons. The van der Waals surface area contributed by atoms with E-state index in [1.807, 2.05) is 6.92 Å². The van der Waals surface area contributed by atoms with Crippen LogP contribution in [0.1, 0.15) is 37.2 Å². The first-order valence-corrected chi connectivity index (χ1v) is 8.51. The molecule has 0 aliphatic carbocycles. The summed E-state index contributed by atoms with van der Waals surface area (Å²) in [6, 6.07) is 1.61. The number of aromatic nitrogens is 3. The molecule has 2 atom stereocenters. The standard InChI is InChI=1S/C16H24N6O3/c1-10-7-14(20-24-10)19-16(23)11(2)17-13-5-4-6-22(8-13)9-15-18-12(3)25-21-15/h7,11,13,17H,4-6,8-9H2,1-3H3,(H,19,20,23)/t11-,13-/m0/s1. The Labute approximate surface area is 146 Å². The van der Waals surface area contributed by atoms with Crippen molar-refractivity contribution in [2.75, 3.05) is 18.4 Å². The number of nitrogens with zero attached hydrogens (tertiary/aromatic N) is 4. The van der Waals surface area contributed by atoms with Crippen LogP contribution in [0, 0.1) is 13.8 Å².